The maximum atomic E-state index is 13.4. The van der Waals surface area contributed by atoms with E-state index in [0.29, 0.717) is 27.0 Å². The van der Waals surface area contributed by atoms with Crippen molar-refractivity contribution < 1.29 is 4.79 Å². The summed E-state index contributed by atoms with van der Waals surface area (Å²) in [5.74, 6) is -0.366. The molecule has 0 fully saturated rings. The Morgan fingerprint density at radius 1 is 1.09 bits per heavy atom. The molecule has 34 heavy (non-hydrogen) atoms. The Bertz CT molecular complexity index is 1380. The highest BCUT2D eigenvalue weighted by Crippen LogP contribution is 2.33. The lowest BCUT2D eigenvalue weighted by molar-refractivity contribution is 0.0933. The first kappa shape index (κ1) is 24.0. The van der Waals surface area contributed by atoms with Gasteiger partial charge in [0.1, 0.15) is 0 Å². The minimum absolute atomic E-state index is 0.0160. The molecule has 3 aromatic carbocycles. The molecule has 0 radical (unpaired) electrons. The lowest BCUT2D eigenvalue weighted by atomic mass is 10.0. The number of nitrogens with zero attached hydrogens (tertiary/aromatic N) is 3. The van der Waals surface area contributed by atoms with Crippen molar-refractivity contribution in [1.29, 1.82) is 0 Å². The van der Waals surface area contributed by atoms with Gasteiger partial charge in [-0.1, -0.05) is 75.5 Å². The van der Waals surface area contributed by atoms with Gasteiger partial charge in [-0.15, -0.1) is 0 Å². The Balaban J connectivity index is 1.84. The number of hydrogen-bond donors (Lipinski definition) is 1. The maximum absolute atomic E-state index is 13.4. The minimum atomic E-state index is -0.366. The van der Waals surface area contributed by atoms with E-state index in [1.807, 2.05) is 61.5 Å². The first-order valence-corrected chi connectivity index (χ1v) is 12.0. The van der Waals surface area contributed by atoms with Crippen LogP contribution in [0.25, 0.3) is 21.8 Å². The molecule has 4 rings (SSSR count). The van der Waals surface area contributed by atoms with Crippen molar-refractivity contribution >= 4 is 45.0 Å². The number of aromatic nitrogens is 2. The van der Waals surface area contributed by atoms with Crippen molar-refractivity contribution in [3.8, 4) is 16.9 Å². The monoisotopic (exact) mass is 552 g/mol. The van der Waals surface area contributed by atoms with E-state index in [9.17, 15) is 4.79 Å². The van der Waals surface area contributed by atoms with Gasteiger partial charge in [0.05, 0.1) is 28.0 Å². The first-order chi connectivity index (χ1) is 16.4. The molecule has 170 valence electrons. The molecular weight excluding hydrogens is 535 g/mol. The predicted molar refractivity (Wildman–Crippen MR) is 139 cm³/mol. The van der Waals surface area contributed by atoms with Crippen LogP contribution in [-0.4, -0.2) is 15.7 Å². The topological polar surface area (TPSA) is 51.3 Å². The summed E-state index contributed by atoms with van der Waals surface area (Å²) in [5, 5.41) is 8.73. The molecule has 0 saturated carbocycles. The maximum Gasteiger partial charge on any atom is 0.272 e. The van der Waals surface area contributed by atoms with E-state index in [-0.39, 0.29) is 24.2 Å². The second-order valence-corrected chi connectivity index (χ2v) is 9.37. The van der Waals surface area contributed by atoms with Crippen molar-refractivity contribution in [2.45, 2.75) is 19.5 Å². The van der Waals surface area contributed by atoms with Gasteiger partial charge in [-0.3, -0.25) is 4.79 Å². The van der Waals surface area contributed by atoms with Gasteiger partial charge in [0.15, 0.2) is 5.69 Å². The number of benzene rings is 3. The largest absolute Gasteiger partial charge is 0.344 e. The van der Waals surface area contributed by atoms with Gasteiger partial charge in [-0.05, 0) is 48.9 Å². The fourth-order valence-electron chi connectivity index (χ4n) is 3.66. The van der Waals surface area contributed by atoms with Crippen LogP contribution in [0, 0.1) is 6.57 Å². The van der Waals surface area contributed by atoms with E-state index in [1.165, 1.54) is 0 Å². The zero-order chi connectivity index (χ0) is 24.2. The quantitative estimate of drug-likeness (QED) is 0.251. The molecule has 0 aliphatic rings. The van der Waals surface area contributed by atoms with Gasteiger partial charge in [-0.25, -0.2) is 11.3 Å². The van der Waals surface area contributed by atoms with Crippen LogP contribution in [0.15, 0.2) is 77.3 Å². The van der Waals surface area contributed by atoms with E-state index in [2.05, 4.69) is 31.2 Å². The molecule has 4 aromatic rings. The van der Waals surface area contributed by atoms with Gasteiger partial charge in [0.2, 0.25) is 6.54 Å². The van der Waals surface area contributed by atoms with Crippen LogP contribution < -0.4 is 5.32 Å². The Labute approximate surface area is 216 Å². The van der Waals surface area contributed by atoms with Crippen LogP contribution in [0.1, 0.15) is 34.6 Å². The molecular formula is C26H19BrCl2N4O. The number of hydrogen-bond acceptors (Lipinski definition) is 2. The highest BCUT2D eigenvalue weighted by atomic mass is 79.9. The fraction of sp³-hybridized carbons (Fsp3) is 0.115. The number of carbonyl (C=O) groups is 1. The smallest absolute Gasteiger partial charge is 0.272 e. The summed E-state index contributed by atoms with van der Waals surface area (Å²) < 4.78 is 2.59. The molecule has 0 saturated heterocycles. The van der Waals surface area contributed by atoms with Crippen LogP contribution in [0.5, 0.6) is 0 Å². The highest BCUT2D eigenvalue weighted by molar-refractivity contribution is 9.10. The molecule has 0 bridgehead atoms. The van der Waals surface area contributed by atoms with Crippen LogP contribution in [0.3, 0.4) is 0 Å². The second kappa shape index (κ2) is 10.4. The van der Waals surface area contributed by atoms with Crippen molar-refractivity contribution in [3.05, 3.63) is 116 Å². The second-order valence-electron chi connectivity index (χ2n) is 7.61. The number of rotatable bonds is 6. The molecule has 1 N–H and O–H groups in total. The Morgan fingerprint density at radius 3 is 2.41 bits per heavy atom. The van der Waals surface area contributed by atoms with Gasteiger partial charge in [0, 0.05) is 15.1 Å². The fourth-order valence-corrected chi connectivity index (χ4v) is 4.27. The van der Waals surface area contributed by atoms with Crippen LogP contribution in [0.4, 0.5) is 0 Å². The van der Waals surface area contributed by atoms with Gasteiger partial charge in [0.25, 0.3) is 5.91 Å². The molecule has 0 aliphatic heterocycles. The van der Waals surface area contributed by atoms with E-state index in [4.69, 9.17) is 29.8 Å². The number of para-hydroxylation sites is 1. The van der Waals surface area contributed by atoms with Crippen LogP contribution >= 0.6 is 39.1 Å². The average molecular weight is 554 g/mol. The third-order valence-corrected chi connectivity index (χ3v) is 6.45. The molecule has 1 amide bonds. The Morgan fingerprint density at radius 2 is 1.76 bits per heavy atom. The summed E-state index contributed by atoms with van der Waals surface area (Å²) in [6.45, 7) is 9.42. The number of amides is 1. The minimum Gasteiger partial charge on any atom is -0.344 e. The van der Waals surface area contributed by atoms with E-state index < -0.39 is 0 Å². The predicted octanol–water partition coefficient (Wildman–Crippen LogP) is 7.52. The van der Waals surface area contributed by atoms with E-state index in [0.717, 1.165) is 15.6 Å². The SMILES string of the molecule is [C-]#[N+]Cc1c(C(=O)NC(C)c2ccc(Br)cc2)nn(-c2ccccc2Cl)c1-c1ccc(Cl)cc1. The summed E-state index contributed by atoms with van der Waals surface area (Å²) >= 11 is 16.0. The van der Waals surface area contributed by atoms with Crippen molar-refractivity contribution in [1.82, 2.24) is 15.1 Å². The normalized spacial score (nSPS) is 11.6. The number of halogens is 3. The lowest BCUT2D eigenvalue weighted by Crippen LogP contribution is -2.28. The molecule has 1 atom stereocenters. The highest BCUT2D eigenvalue weighted by Gasteiger charge is 2.28. The van der Waals surface area contributed by atoms with Gasteiger partial charge < -0.3 is 10.2 Å². The average Bonchev–Trinajstić information content (AvgIpc) is 3.19. The molecule has 1 heterocycles. The summed E-state index contributed by atoms with van der Waals surface area (Å²) in [7, 11) is 0. The summed E-state index contributed by atoms with van der Waals surface area (Å²) in [6, 6.07) is 21.9. The summed E-state index contributed by atoms with van der Waals surface area (Å²) in [4.78, 5) is 17.0. The molecule has 1 aromatic heterocycles. The summed E-state index contributed by atoms with van der Waals surface area (Å²) in [5.41, 5.74) is 3.67. The van der Waals surface area contributed by atoms with Gasteiger partial charge in [-0.2, -0.15) is 5.10 Å². The molecule has 5 nitrogen and oxygen atoms in total. The molecule has 0 aliphatic carbocycles. The Kier molecular flexibility index (Phi) is 7.38. The third-order valence-electron chi connectivity index (χ3n) is 5.35. The Hall–Kier alpha value is -3.11. The zero-order valence-electron chi connectivity index (χ0n) is 18.1. The number of carbonyl (C=O) groups excluding carboxylic acids is 1. The number of nitrogens with one attached hydrogen (secondary N) is 1. The molecule has 0 spiro atoms. The zero-order valence-corrected chi connectivity index (χ0v) is 21.2. The standard InChI is InChI=1S/C26H19BrCl2N4O/c1-16(17-7-11-19(27)12-8-17)31-26(34)24-21(15-30-2)25(18-9-13-20(28)14-10-18)33(32-24)23-6-4-3-5-22(23)29/h3-14,16H,15H2,1H3,(H,31,34). The van der Waals surface area contributed by atoms with Crippen molar-refractivity contribution in [3.63, 3.8) is 0 Å². The molecule has 1 unspecified atom stereocenters. The van der Waals surface area contributed by atoms with Gasteiger partial charge >= 0.3 is 0 Å². The van der Waals surface area contributed by atoms with Crippen molar-refractivity contribution in [2.24, 2.45) is 0 Å². The third kappa shape index (κ3) is 5.02. The van der Waals surface area contributed by atoms with Crippen LogP contribution in [0.2, 0.25) is 10.0 Å². The van der Waals surface area contributed by atoms with Crippen molar-refractivity contribution in [2.75, 3.05) is 0 Å². The first-order valence-electron chi connectivity index (χ1n) is 10.4. The lowest BCUT2D eigenvalue weighted by Gasteiger charge is -2.13. The molecule has 8 heteroatoms. The van der Waals surface area contributed by atoms with E-state index >= 15 is 0 Å². The van der Waals surface area contributed by atoms with E-state index in [1.54, 1.807) is 22.9 Å². The summed E-state index contributed by atoms with van der Waals surface area (Å²) in [6.07, 6.45) is 0. The van der Waals surface area contributed by atoms with Crippen LogP contribution in [-0.2, 0) is 6.54 Å².